The number of halogens is 3. The molecule has 1 aromatic carbocycles. The first-order valence-corrected chi connectivity index (χ1v) is 6.46. The molecule has 0 aliphatic rings. The van der Waals surface area contributed by atoms with Crippen molar-refractivity contribution in [1.82, 2.24) is 0 Å². The van der Waals surface area contributed by atoms with E-state index in [0.29, 0.717) is 18.8 Å². The lowest BCUT2D eigenvalue weighted by Gasteiger charge is -2.17. The van der Waals surface area contributed by atoms with Crippen molar-refractivity contribution in [3.8, 4) is 0 Å². The van der Waals surface area contributed by atoms with Gasteiger partial charge in [-0.1, -0.05) is 12.1 Å². The highest BCUT2D eigenvalue weighted by Crippen LogP contribution is 2.29. The third-order valence-corrected chi connectivity index (χ3v) is 2.78. The van der Waals surface area contributed by atoms with Crippen molar-refractivity contribution >= 4 is 0 Å². The van der Waals surface area contributed by atoms with Crippen molar-refractivity contribution in [2.24, 2.45) is 5.73 Å². The molecule has 2 atom stereocenters. The fourth-order valence-electron chi connectivity index (χ4n) is 1.62. The normalized spacial score (nSPS) is 15.1. The summed E-state index contributed by atoms with van der Waals surface area (Å²) < 4.78 is 48.0. The van der Waals surface area contributed by atoms with Gasteiger partial charge in [-0.3, -0.25) is 0 Å². The first-order valence-electron chi connectivity index (χ1n) is 6.46. The largest absolute Gasteiger partial charge is 0.416 e. The second kappa shape index (κ2) is 7.61. The van der Waals surface area contributed by atoms with E-state index in [0.717, 1.165) is 12.1 Å². The van der Waals surface area contributed by atoms with Crippen molar-refractivity contribution in [3.63, 3.8) is 0 Å². The van der Waals surface area contributed by atoms with Crippen LogP contribution in [0.2, 0.25) is 0 Å². The number of alkyl halides is 3. The molecule has 0 amide bonds. The zero-order valence-corrected chi connectivity index (χ0v) is 11.6. The van der Waals surface area contributed by atoms with Gasteiger partial charge in [-0.2, -0.15) is 13.2 Å². The van der Waals surface area contributed by atoms with Crippen molar-refractivity contribution in [2.45, 2.75) is 32.2 Å². The van der Waals surface area contributed by atoms with E-state index >= 15 is 0 Å². The maximum atomic E-state index is 12.4. The molecule has 1 rings (SSSR count). The maximum Gasteiger partial charge on any atom is 0.416 e. The van der Waals surface area contributed by atoms with E-state index in [9.17, 15) is 13.2 Å². The third-order valence-electron chi connectivity index (χ3n) is 2.78. The summed E-state index contributed by atoms with van der Waals surface area (Å²) in [7, 11) is 0. The first kappa shape index (κ1) is 16.9. The molecule has 0 aliphatic heterocycles. The minimum Gasteiger partial charge on any atom is -0.379 e. The van der Waals surface area contributed by atoms with Gasteiger partial charge < -0.3 is 15.2 Å². The molecule has 2 N–H and O–H groups in total. The summed E-state index contributed by atoms with van der Waals surface area (Å²) in [5.41, 5.74) is 5.82. The van der Waals surface area contributed by atoms with Gasteiger partial charge in [-0.15, -0.1) is 0 Å². The first-order chi connectivity index (χ1) is 9.34. The van der Waals surface area contributed by atoms with Gasteiger partial charge >= 0.3 is 6.18 Å². The summed E-state index contributed by atoms with van der Waals surface area (Å²) in [4.78, 5) is 0. The van der Waals surface area contributed by atoms with E-state index in [-0.39, 0.29) is 12.7 Å². The molecule has 1 aromatic rings. The second-order valence-corrected chi connectivity index (χ2v) is 4.53. The van der Waals surface area contributed by atoms with Crippen LogP contribution in [-0.4, -0.2) is 25.9 Å². The SMILES string of the molecule is CCOCC(C)OCC(N)c1ccc(C(F)(F)F)cc1. The van der Waals surface area contributed by atoms with Crippen LogP contribution in [0.5, 0.6) is 0 Å². The van der Waals surface area contributed by atoms with E-state index in [4.69, 9.17) is 15.2 Å². The highest BCUT2D eigenvalue weighted by molar-refractivity contribution is 5.26. The number of hydrogen-bond acceptors (Lipinski definition) is 3. The van der Waals surface area contributed by atoms with E-state index in [1.54, 1.807) is 0 Å². The lowest BCUT2D eigenvalue weighted by Crippen LogP contribution is -2.23. The van der Waals surface area contributed by atoms with Gasteiger partial charge in [-0.05, 0) is 31.5 Å². The topological polar surface area (TPSA) is 44.5 Å². The number of rotatable bonds is 7. The lowest BCUT2D eigenvalue weighted by molar-refractivity contribution is -0.137. The molecule has 6 heteroatoms. The van der Waals surface area contributed by atoms with Crippen LogP contribution < -0.4 is 5.73 Å². The van der Waals surface area contributed by atoms with Gasteiger partial charge in [0.15, 0.2) is 0 Å². The van der Waals surface area contributed by atoms with Gasteiger partial charge in [0.2, 0.25) is 0 Å². The predicted octanol–water partition coefficient (Wildman–Crippen LogP) is 3.15. The van der Waals surface area contributed by atoms with Gasteiger partial charge in [0.1, 0.15) is 0 Å². The number of nitrogens with two attached hydrogens (primary N) is 1. The highest BCUT2D eigenvalue weighted by Gasteiger charge is 2.30. The van der Waals surface area contributed by atoms with Crippen LogP contribution in [0.15, 0.2) is 24.3 Å². The molecule has 0 saturated carbocycles. The van der Waals surface area contributed by atoms with Crippen LogP contribution in [0.25, 0.3) is 0 Å². The van der Waals surface area contributed by atoms with Crippen LogP contribution in [0.3, 0.4) is 0 Å². The summed E-state index contributed by atoms with van der Waals surface area (Å²) >= 11 is 0. The maximum absolute atomic E-state index is 12.4. The Hall–Kier alpha value is -1.11. The minimum absolute atomic E-state index is 0.101. The fourth-order valence-corrected chi connectivity index (χ4v) is 1.62. The Morgan fingerprint density at radius 1 is 1.15 bits per heavy atom. The number of hydrogen-bond donors (Lipinski definition) is 1. The predicted molar refractivity (Wildman–Crippen MR) is 70.3 cm³/mol. The fraction of sp³-hybridized carbons (Fsp3) is 0.571. The summed E-state index contributed by atoms with van der Waals surface area (Å²) in [6.45, 7) is 5.06. The second-order valence-electron chi connectivity index (χ2n) is 4.53. The van der Waals surface area contributed by atoms with Crippen LogP contribution in [-0.2, 0) is 15.7 Å². The smallest absolute Gasteiger partial charge is 0.379 e. The van der Waals surface area contributed by atoms with Crippen molar-refractivity contribution in [3.05, 3.63) is 35.4 Å². The van der Waals surface area contributed by atoms with E-state index < -0.39 is 17.8 Å². The zero-order chi connectivity index (χ0) is 15.2. The molecule has 2 unspecified atom stereocenters. The van der Waals surface area contributed by atoms with Gasteiger partial charge in [0.05, 0.1) is 30.9 Å². The molecule has 3 nitrogen and oxygen atoms in total. The number of benzene rings is 1. The summed E-state index contributed by atoms with van der Waals surface area (Å²) in [5, 5.41) is 0. The minimum atomic E-state index is -4.33. The molecule has 0 spiro atoms. The monoisotopic (exact) mass is 291 g/mol. The van der Waals surface area contributed by atoms with Gasteiger partial charge in [0.25, 0.3) is 0 Å². The molecule has 0 radical (unpaired) electrons. The molecule has 0 saturated heterocycles. The highest BCUT2D eigenvalue weighted by atomic mass is 19.4. The molecule has 0 aromatic heterocycles. The van der Waals surface area contributed by atoms with Gasteiger partial charge in [-0.25, -0.2) is 0 Å². The Morgan fingerprint density at radius 3 is 2.25 bits per heavy atom. The van der Waals surface area contributed by atoms with Crippen molar-refractivity contribution in [2.75, 3.05) is 19.8 Å². The Balaban J connectivity index is 2.49. The van der Waals surface area contributed by atoms with Crippen LogP contribution in [0, 0.1) is 0 Å². The van der Waals surface area contributed by atoms with E-state index in [1.165, 1.54) is 12.1 Å². The van der Waals surface area contributed by atoms with Crippen molar-refractivity contribution in [1.29, 1.82) is 0 Å². The van der Waals surface area contributed by atoms with E-state index in [2.05, 4.69) is 0 Å². The Bertz CT molecular complexity index is 392. The van der Waals surface area contributed by atoms with Crippen LogP contribution >= 0.6 is 0 Å². The van der Waals surface area contributed by atoms with E-state index in [1.807, 2.05) is 13.8 Å². The van der Waals surface area contributed by atoms with Crippen molar-refractivity contribution < 1.29 is 22.6 Å². The molecule has 0 aliphatic carbocycles. The summed E-state index contributed by atoms with van der Waals surface area (Å²) in [5.74, 6) is 0. The van der Waals surface area contributed by atoms with Crippen LogP contribution in [0.4, 0.5) is 13.2 Å². The third kappa shape index (κ3) is 5.48. The summed E-state index contributed by atoms with van der Waals surface area (Å²) in [6.07, 6.45) is -4.43. The molecular formula is C14H20F3NO2. The molecule has 114 valence electrons. The summed E-state index contributed by atoms with van der Waals surface area (Å²) in [6, 6.07) is 4.35. The lowest BCUT2D eigenvalue weighted by atomic mass is 10.1. The molecule has 0 fully saturated rings. The zero-order valence-electron chi connectivity index (χ0n) is 11.6. The standard InChI is InChI=1S/C14H20F3NO2/c1-3-19-8-10(2)20-9-13(18)11-4-6-12(7-5-11)14(15,16)17/h4-7,10,13H,3,8-9,18H2,1-2H3. The Morgan fingerprint density at radius 2 is 1.75 bits per heavy atom. The Kier molecular flexibility index (Phi) is 6.45. The average molecular weight is 291 g/mol. The molecule has 0 bridgehead atoms. The molecule has 0 heterocycles. The quantitative estimate of drug-likeness (QED) is 0.839. The van der Waals surface area contributed by atoms with Gasteiger partial charge in [0, 0.05) is 6.61 Å². The molecular weight excluding hydrogens is 271 g/mol. The Labute approximate surface area is 116 Å². The number of ether oxygens (including phenoxy) is 2. The van der Waals surface area contributed by atoms with Crippen LogP contribution in [0.1, 0.15) is 31.0 Å². The molecule has 20 heavy (non-hydrogen) atoms. The average Bonchev–Trinajstić information content (AvgIpc) is 2.41.